The van der Waals surface area contributed by atoms with Gasteiger partial charge in [0.05, 0.1) is 0 Å². The molecule has 0 aliphatic rings. The molecule has 156 valence electrons. The van der Waals surface area contributed by atoms with E-state index < -0.39 is 6.04 Å². The first-order chi connectivity index (χ1) is 14.5. The Balaban J connectivity index is 1.63. The van der Waals surface area contributed by atoms with Crippen LogP contribution in [-0.4, -0.2) is 12.0 Å². The van der Waals surface area contributed by atoms with Crippen molar-refractivity contribution >= 4 is 11.7 Å². The summed E-state index contributed by atoms with van der Waals surface area (Å²) in [4.78, 5) is 12.8. The number of rotatable bonds is 9. The summed E-state index contributed by atoms with van der Waals surface area (Å²) in [6.07, 6.45) is 0.874. The molecule has 2 atom stereocenters. The summed E-state index contributed by atoms with van der Waals surface area (Å²) in [7, 11) is 0. The van der Waals surface area contributed by atoms with Crippen LogP contribution in [-0.2, 0) is 16.1 Å². The van der Waals surface area contributed by atoms with Gasteiger partial charge in [0, 0.05) is 5.69 Å². The van der Waals surface area contributed by atoms with E-state index >= 15 is 0 Å². The Kier molecular flexibility index (Phi) is 7.50. The van der Waals surface area contributed by atoms with Crippen LogP contribution < -0.4 is 10.1 Å². The molecule has 0 spiro atoms. The van der Waals surface area contributed by atoms with Gasteiger partial charge in [-0.15, -0.1) is 0 Å². The van der Waals surface area contributed by atoms with Crippen LogP contribution in [0.4, 0.5) is 5.69 Å². The van der Waals surface area contributed by atoms with Crippen molar-refractivity contribution in [3.63, 3.8) is 0 Å². The van der Waals surface area contributed by atoms with Crippen LogP contribution in [0.2, 0.25) is 0 Å². The summed E-state index contributed by atoms with van der Waals surface area (Å²) in [5, 5.41) is 3.34. The molecule has 0 bridgehead atoms. The molecule has 4 heteroatoms. The topological polar surface area (TPSA) is 47.6 Å². The number of carbonyl (C=O) groups is 1. The maximum absolute atomic E-state index is 12.8. The van der Waals surface area contributed by atoms with E-state index in [-0.39, 0.29) is 18.5 Å². The second-order valence-electron chi connectivity index (χ2n) is 7.54. The molecule has 0 unspecified atom stereocenters. The van der Waals surface area contributed by atoms with Crippen LogP contribution in [0, 0.1) is 12.8 Å². The lowest BCUT2D eigenvalue weighted by Gasteiger charge is -2.24. The first-order valence-electron chi connectivity index (χ1n) is 10.4. The number of ether oxygens (including phenoxy) is 2. The Labute approximate surface area is 178 Å². The number of anilines is 1. The third kappa shape index (κ3) is 6.11. The molecule has 0 amide bonds. The van der Waals surface area contributed by atoms with Crippen molar-refractivity contribution in [1.82, 2.24) is 0 Å². The minimum absolute atomic E-state index is 0.145. The average molecular weight is 404 g/mol. The van der Waals surface area contributed by atoms with Gasteiger partial charge < -0.3 is 14.8 Å². The average Bonchev–Trinajstić information content (AvgIpc) is 2.77. The third-order valence-corrected chi connectivity index (χ3v) is 5.10. The predicted molar refractivity (Wildman–Crippen MR) is 121 cm³/mol. The van der Waals surface area contributed by atoms with E-state index in [9.17, 15) is 4.79 Å². The molecular formula is C26H29NO3. The van der Waals surface area contributed by atoms with Crippen LogP contribution in [0.5, 0.6) is 11.5 Å². The van der Waals surface area contributed by atoms with Gasteiger partial charge in [-0.05, 0) is 54.8 Å². The minimum Gasteiger partial charge on any atom is -0.459 e. The van der Waals surface area contributed by atoms with Gasteiger partial charge in [0.2, 0.25) is 0 Å². The normalized spacial score (nSPS) is 12.6. The minimum atomic E-state index is -0.401. The van der Waals surface area contributed by atoms with Crippen LogP contribution in [0.3, 0.4) is 0 Å². The maximum atomic E-state index is 12.8. The summed E-state index contributed by atoms with van der Waals surface area (Å²) in [6.45, 7) is 6.38. The van der Waals surface area contributed by atoms with Crippen molar-refractivity contribution in [2.75, 3.05) is 5.32 Å². The summed E-state index contributed by atoms with van der Waals surface area (Å²) >= 11 is 0. The van der Waals surface area contributed by atoms with Crippen molar-refractivity contribution in [3.8, 4) is 11.5 Å². The molecule has 30 heavy (non-hydrogen) atoms. The third-order valence-electron chi connectivity index (χ3n) is 5.10. The van der Waals surface area contributed by atoms with Gasteiger partial charge in [0.1, 0.15) is 24.1 Å². The second-order valence-corrected chi connectivity index (χ2v) is 7.54. The van der Waals surface area contributed by atoms with Crippen LogP contribution >= 0.6 is 0 Å². The van der Waals surface area contributed by atoms with Crippen LogP contribution in [0.25, 0.3) is 0 Å². The fraction of sp³-hybridized carbons (Fsp3) is 0.269. The molecule has 0 radical (unpaired) electrons. The predicted octanol–water partition coefficient (Wildman–Crippen LogP) is 6.36. The largest absolute Gasteiger partial charge is 0.459 e. The standard InChI is InChI=1S/C26H29NO3/c1-4-20(3)25(27-22-15-13-19(2)14-16-22)26(28)29-18-21-9-8-12-24(17-21)30-23-10-6-5-7-11-23/h5-17,20,25,27H,4,18H2,1-3H3/t20-,25-/m0/s1. The first-order valence-corrected chi connectivity index (χ1v) is 10.4. The Morgan fingerprint density at radius 2 is 1.63 bits per heavy atom. The lowest BCUT2D eigenvalue weighted by atomic mass is 9.99. The SMILES string of the molecule is CC[C@H](C)[C@H](Nc1ccc(C)cc1)C(=O)OCc1cccc(Oc2ccccc2)c1. The zero-order chi connectivity index (χ0) is 21.3. The Hall–Kier alpha value is -3.27. The Bertz CT molecular complexity index is 938. The number of benzene rings is 3. The molecule has 3 aromatic carbocycles. The summed E-state index contributed by atoms with van der Waals surface area (Å²) in [6, 6.07) is 24.8. The number of nitrogens with one attached hydrogen (secondary N) is 1. The molecule has 0 aliphatic heterocycles. The molecule has 1 N–H and O–H groups in total. The van der Waals surface area contributed by atoms with Crippen molar-refractivity contribution in [2.24, 2.45) is 5.92 Å². The van der Waals surface area contributed by atoms with Gasteiger partial charge in [0.15, 0.2) is 0 Å². The molecule has 4 nitrogen and oxygen atoms in total. The highest BCUT2D eigenvalue weighted by Crippen LogP contribution is 2.23. The van der Waals surface area contributed by atoms with Gasteiger partial charge in [-0.25, -0.2) is 4.79 Å². The Morgan fingerprint density at radius 3 is 2.33 bits per heavy atom. The van der Waals surface area contributed by atoms with Crippen molar-refractivity contribution < 1.29 is 14.3 Å². The molecular weight excluding hydrogens is 374 g/mol. The summed E-state index contributed by atoms with van der Waals surface area (Å²) in [5.41, 5.74) is 2.98. The number of esters is 1. The molecule has 0 aliphatic carbocycles. The number of aryl methyl sites for hydroxylation is 1. The lowest BCUT2D eigenvalue weighted by molar-refractivity contribution is -0.147. The van der Waals surface area contributed by atoms with Crippen molar-refractivity contribution in [2.45, 2.75) is 39.8 Å². The van der Waals surface area contributed by atoms with E-state index in [1.54, 1.807) is 0 Å². The fourth-order valence-corrected chi connectivity index (χ4v) is 3.07. The van der Waals surface area contributed by atoms with Gasteiger partial charge in [-0.3, -0.25) is 0 Å². The zero-order valence-electron chi connectivity index (χ0n) is 17.8. The summed E-state index contributed by atoms with van der Waals surface area (Å²) in [5.74, 6) is 1.38. The smallest absolute Gasteiger partial charge is 0.329 e. The van der Waals surface area contributed by atoms with Gasteiger partial charge in [-0.1, -0.05) is 68.3 Å². The monoisotopic (exact) mass is 403 g/mol. The van der Waals surface area contributed by atoms with E-state index in [4.69, 9.17) is 9.47 Å². The molecule has 0 saturated heterocycles. The highest BCUT2D eigenvalue weighted by Gasteiger charge is 2.25. The molecule has 0 saturated carbocycles. The second kappa shape index (κ2) is 10.5. The maximum Gasteiger partial charge on any atom is 0.329 e. The molecule has 0 aromatic heterocycles. The van der Waals surface area contributed by atoms with E-state index in [2.05, 4.69) is 19.2 Å². The van der Waals surface area contributed by atoms with Gasteiger partial charge in [0.25, 0.3) is 0 Å². The number of hydrogen-bond donors (Lipinski definition) is 1. The number of hydrogen-bond acceptors (Lipinski definition) is 4. The first kappa shape index (κ1) is 21.4. The van der Waals surface area contributed by atoms with E-state index in [1.165, 1.54) is 5.56 Å². The van der Waals surface area contributed by atoms with Crippen molar-refractivity contribution in [3.05, 3.63) is 90.0 Å². The molecule has 3 rings (SSSR count). The number of para-hydroxylation sites is 1. The lowest BCUT2D eigenvalue weighted by Crippen LogP contribution is -2.37. The van der Waals surface area contributed by atoms with E-state index in [0.717, 1.165) is 23.4 Å². The highest BCUT2D eigenvalue weighted by molar-refractivity contribution is 5.79. The highest BCUT2D eigenvalue weighted by atomic mass is 16.5. The van der Waals surface area contributed by atoms with E-state index in [1.807, 2.05) is 85.8 Å². The van der Waals surface area contributed by atoms with Crippen LogP contribution in [0.15, 0.2) is 78.9 Å². The van der Waals surface area contributed by atoms with Gasteiger partial charge >= 0.3 is 5.97 Å². The zero-order valence-corrected chi connectivity index (χ0v) is 17.8. The van der Waals surface area contributed by atoms with Gasteiger partial charge in [-0.2, -0.15) is 0 Å². The molecule has 3 aromatic rings. The summed E-state index contributed by atoms with van der Waals surface area (Å²) < 4.78 is 11.5. The Morgan fingerprint density at radius 1 is 0.933 bits per heavy atom. The van der Waals surface area contributed by atoms with Crippen LogP contribution in [0.1, 0.15) is 31.4 Å². The molecule has 0 fully saturated rings. The quantitative estimate of drug-likeness (QED) is 0.423. The molecule has 0 heterocycles. The fourth-order valence-electron chi connectivity index (χ4n) is 3.07. The van der Waals surface area contributed by atoms with Crippen molar-refractivity contribution in [1.29, 1.82) is 0 Å². The number of carbonyl (C=O) groups excluding carboxylic acids is 1. The van der Waals surface area contributed by atoms with E-state index in [0.29, 0.717) is 5.75 Å².